The Kier molecular flexibility index (Phi) is 7.76. The van der Waals surface area contributed by atoms with Crippen LogP contribution in [0.2, 0.25) is 0 Å². The van der Waals surface area contributed by atoms with E-state index >= 15 is 0 Å². The van der Waals surface area contributed by atoms with Crippen molar-refractivity contribution < 1.29 is 4.42 Å². The SMILES string of the molecule is c1ccc(-c2ccc(N3B4c5c(cc(-c6ccccc6)cc5-n5c6ccc(C78CC9CC(CC(C9)C7)C8)cc6c6cc(C78CC9CC(CC(C9)C7)C8)cc4c65)-c4c3ccc3oc5ccccc5c43)cc2)cc1. The minimum Gasteiger partial charge on any atom is -0.456 e. The van der Waals surface area contributed by atoms with Gasteiger partial charge in [0.1, 0.15) is 11.2 Å². The van der Waals surface area contributed by atoms with Crippen molar-refractivity contribution in [3.63, 3.8) is 0 Å². The maximum atomic E-state index is 6.81. The zero-order valence-electron chi connectivity index (χ0n) is 40.9. The number of benzene rings is 8. The number of hydrogen-bond acceptors (Lipinski definition) is 2. The average molecular weight is 929 g/mol. The van der Waals surface area contributed by atoms with E-state index in [0.717, 1.165) is 46.7 Å². The van der Waals surface area contributed by atoms with Gasteiger partial charge in [0.05, 0.1) is 11.0 Å². The van der Waals surface area contributed by atoms with E-state index in [1.807, 2.05) is 0 Å². The van der Waals surface area contributed by atoms with Crippen LogP contribution in [0.25, 0.3) is 82.8 Å². The predicted octanol–water partition coefficient (Wildman–Crippen LogP) is 16.2. The van der Waals surface area contributed by atoms with Gasteiger partial charge in [-0.25, -0.2) is 0 Å². The first-order chi connectivity index (χ1) is 35.5. The summed E-state index contributed by atoms with van der Waals surface area (Å²) in [5.41, 5.74) is 22.7. The molecule has 4 heterocycles. The third kappa shape index (κ3) is 5.33. The number of hydrogen-bond donors (Lipinski definition) is 0. The highest BCUT2D eigenvalue weighted by molar-refractivity contribution is 6.93. The van der Waals surface area contributed by atoms with Crippen LogP contribution in [-0.4, -0.2) is 11.4 Å². The van der Waals surface area contributed by atoms with Gasteiger partial charge in [-0.05, 0) is 234 Å². The summed E-state index contributed by atoms with van der Waals surface area (Å²) in [6.07, 6.45) is 17.0. The van der Waals surface area contributed by atoms with E-state index < -0.39 is 0 Å². The van der Waals surface area contributed by atoms with Crippen molar-refractivity contribution in [3.8, 4) is 39.1 Å². The standard InChI is InChI=1S/C68H57BN2O/c1-3-9-46(10-4-1)48-15-18-52(19-16-48)71-59-21-22-62-64(53-13-7-8-14-61(53)72-62)63(59)56-29-49(47-11-5-2-6-12-47)30-60-65(56)69(71)57-33-51(68-37-43-26-44(38-68)28-45(27-43)39-68)32-55-54-31-50(17-20-58(54)70(60)66(55)57)67-34-40-23-41(35-67)25-42(24-40)36-67/h1-22,29-33,40-45H,23-28,34-39H2. The number of aromatic nitrogens is 1. The Labute approximate surface area is 422 Å². The van der Waals surface area contributed by atoms with E-state index in [1.165, 1.54) is 171 Å². The molecule has 8 aliphatic carbocycles. The van der Waals surface area contributed by atoms with E-state index in [1.54, 1.807) is 11.1 Å². The number of furan rings is 1. The molecule has 0 amide bonds. The van der Waals surface area contributed by atoms with Gasteiger partial charge >= 0.3 is 6.85 Å². The number of fused-ring (bicyclic) bond motifs is 11. The molecule has 8 saturated carbocycles. The van der Waals surface area contributed by atoms with Gasteiger partial charge < -0.3 is 13.8 Å². The second kappa shape index (κ2) is 14.0. The Balaban J connectivity index is 0.972. The number of nitrogens with zero attached hydrogens (tertiary/aromatic N) is 2. The molecule has 8 bridgehead atoms. The van der Waals surface area contributed by atoms with Gasteiger partial charge in [0.2, 0.25) is 0 Å². The smallest absolute Gasteiger partial charge is 0.333 e. The van der Waals surface area contributed by atoms with Gasteiger partial charge in [0.25, 0.3) is 0 Å². The van der Waals surface area contributed by atoms with Crippen molar-refractivity contribution in [2.24, 2.45) is 35.5 Å². The topological polar surface area (TPSA) is 21.3 Å². The summed E-state index contributed by atoms with van der Waals surface area (Å²) in [7, 11) is 0. The molecule has 0 spiro atoms. The van der Waals surface area contributed by atoms with E-state index in [-0.39, 0.29) is 12.3 Å². The first kappa shape index (κ1) is 39.8. The van der Waals surface area contributed by atoms with Crippen LogP contribution in [0.1, 0.15) is 88.2 Å². The van der Waals surface area contributed by atoms with Crippen LogP contribution in [0, 0.1) is 35.5 Å². The van der Waals surface area contributed by atoms with E-state index in [2.05, 4.69) is 173 Å². The van der Waals surface area contributed by atoms with Crippen LogP contribution in [0.3, 0.4) is 0 Å². The Morgan fingerprint density at radius 3 is 1.69 bits per heavy atom. The molecule has 348 valence electrons. The molecular weight excluding hydrogens is 872 g/mol. The molecule has 3 nitrogen and oxygen atoms in total. The lowest BCUT2D eigenvalue weighted by Crippen LogP contribution is -2.61. The summed E-state index contributed by atoms with van der Waals surface area (Å²) in [4.78, 5) is 2.76. The molecule has 0 radical (unpaired) electrons. The highest BCUT2D eigenvalue weighted by Gasteiger charge is 2.54. The normalized spacial score (nSPS) is 27.9. The van der Waals surface area contributed by atoms with Gasteiger partial charge in [0, 0.05) is 44.2 Å². The molecule has 0 unspecified atom stereocenters. The van der Waals surface area contributed by atoms with Crippen LogP contribution in [0.15, 0.2) is 168 Å². The largest absolute Gasteiger partial charge is 0.456 e. The highest BCUT2D eigenvalue weighted by Crippen LogP contribution is 2.63. The van der Waals surface area contributed by atoms with Crippen molar-refractivity contribution in [2.75, 3.05) is 4.81 Å². The fourth-order valence-electron chi connectivity index (χ4n) is 18.9. The maximum Gasteiger partial charge on any atom is 0.333 e. The zero-order chi connectivity index (χ0) is 46.6. The first-order valence-corrected chi connectivity index (χ1v) is 27.8. The molecule has 0 N–H and O–H groups in total. The fourth-order valence-corrected chi connectivity index (χ4v) is 18.9. The van der Waals surface area contributed by atoms with Gasteiger partial charge in [-0.15, -0.1) is 0 Å². The van der Waals surface area contributed by atoms with Crippen molar-refractivity contribution >= 4 is 72.9 Å². The first-order valence-electron chi connectivity index (χ1n) is 27.8. The van der Waals surface area contributed by atoms with Gasteiger partial charge in [-0.3, -0.25) is 0 Å². The summed E-state index contributed by atoms with van der Waals surface area (Å²) >= 11 is 0. The van der Waals surface area contributed by atoms with Crippen LogP contribution in [0.4, 0.5) is 11.4 Å². The monoisotopic (exact) mass is 928 g/mol. The van der Waals surface area contributed by atoms with Crippen molar-refractivity contribution in [1.29, 1.82) is 0 Å². The molecule has 2 aliphatic heterocycles. The Hall–Kier alpha value is -6.78. The molecule has 10 aliphatic rings. The summed E-state index contributed by atoms with van der Waals surface area (Å²) in [6.45, 7) is -0.0543. The molecule has 10 aromatic rings. The quantitative estimate of drug-likeness (QED) is 0.160. The maximum absolute atomic E-state index is 6.81. The highest BCUT2D eigenvalue weighted by atomic mass is 16.3. The van der Waals surface area contributed by atoms with E-state index in [0.29, 0.717) is 5.41 Å². The minimum atomic E-state index is -0.0543. The van der Waals surface area contributed by atoms with E-state index in [9.17, 15) is 0 Å². The molecule has 0 atom stereocenters. The van der Waals surface area contributed by atoms with Crippen LogP contribution in [0.5, 0.6) is 0 Å². The lowest BCUT2D eigenvalue weighted by Gasteiger charge is -2.57. The van der Waals surface area contributed by atoms with Crippen LogP contribution in [-0.2, 0) is 10.8 Å². The minimum absolute atomic E-state index is 0.0543. The third-order valence-electron chi connectivity index (χ3n) is 20.8. The summed E-state index contributed by atoms with van der Waals surface area (Å²) in [6, 6.07) is 63.7. The second-order valence-electron chi connectivity index (χ2n) is 24.9. The summed E-state index contributed by atoms with van der Waals surface area (Å²) in [5.74, 6) is 5.31. The molecular formula is C68H57BN2O. The lowest BCUT2D eigenvalue weighted by atomic mass is 9.42. The lowest BCUT2D eigenvalue weighted by molar-refractivity contribution is -0.00526. The van der Waals surface area contributed by atoms with Gasteiger partial charge in [0.15, 0.2) is 0 Å². The Morgan fingerprint density at radius 1 is 0.444 bits per heavy atom. The molecule has 0 saturated heterocycles. The zero-order valence-corrected chi connectivity index (χ0v) is 40.9. The number of para-hydroxylation sites is 1. The molecule has 4 heteroatoms. The molecule has 72 heavy (non-hydrogen) atoms. The molecule has 20 rings (SSSR count). The fraction of sp³-hybridized carbons (Fsp3) is 0.294. The molecule has 2 aromatic heterocycles. The van der Waals surface area contributed by atoms with Crippen molar-refractivity contribution in [1.82, 2.24) is 4.57 Å². The van der Waals surface area contributed by atoms with Crippen LogP contribution >= 0.6 is 0 Å². The van der Waals surface area contributed by atoms with Crippen molar-refractivity contribution in [3.05, 3.63) is 175 Å². The van der Waals surface area contributed by atoms with Gasteiger partial charge in [-0.1, -0.05) is 103 Å². The Bertz CT molecular complexity index is 3880. The summed E-state index contributed by atoms with van der Waals surface area (Å²) < 4.78 is 9.58. The van der Waals surface area contributed by atoms with Crippen LogP contribution < -0.4 is 15.7 Å². The summed E-state index contributed by atoms with van der Waals surface area (Å²) in [5, 5.41) is 5.34. The van der Waals surface area contributed by atoms with E-state index in [4.69, 9.17) is 4.42 Å². The number of rotatable bonds is 5. The average Bonchev–Trinajstić information content (AvgIpc) is 3.96. The molecule has 8 fully saturated rings. The number of anilines is 2. The molecule has 8 aromatic carbocycles. The van der Waals surface area contributed by atoms with Gasteiger partial charge in [-0.2, -0.15) is 0 Å². The predicted molar refractivity (Wildman–Crippen MR) is 298 cm³/mol. The van der Waals surface area contributed by atoms with Crippen molar-refractivity contribution in [2.45, 2.75) is 87.9 Å². The second-order valence-corrected chi connectivity index (χ2v) is 24.9. The third-order valence-corrected chi connectivity index (χ3v) is 20.8. The Morgan fingerprint density at radius 2 is 1.03 bits per heavy atom.